The largest absolute Gasteiger partial charge is 0.416 e. The number of hydrogen-bond donors (Lipinski definition) is 1. The van der Waals surface area contributed by atoms with Crippen LogP contribution in [0.2, 0.25) is 0 Å². The van der Waals surface area contributed by atoms with Crippen LogP contribution >= 0.6 is 0 Å². The van der Waals surface area contributed by atoms with Gasteiger partial charge in [0.15, 0.2) is 6.10 Å². The van der Waals surface area contributed by atoms with Crippen molar-refractivity contribution < 1.29 is 27.4 Å². The van der Waals surface area contributed by atoms with E-state index in [1.54, 1.807) is 6.07 Å². The van der Waals surface area contributed by atoms with Gasteiger partial charge in [0.05, 0.1) is 18.2 Å². The van der Waals surface area contributed by atoms with Gasteiger partial charge in [-0.05, 0) is 18.6 Å². The first-order valence-corrected chi connectivity index (χ1v) is 5.39. The molecule has 1 aromatic carbocycles. The average molecular weight is 277 g/mol. The van der Waals surface area contributed by atoms with E-state index in [2.05, 4.69) is 0 Å². The van der Waals surface area contributed by atoms with Crippen molar-refractivity contribution in [2.45, 2.75) is 18.7 Å². The van der Waals surface area contributed by atoms with E-state index >= 15 is 0 Å². The molecule has 1 aromatic rings. The molecule has 0 bridgehead atoms. The van der Waals surface area contributed by atoms with Crippen LogP contribution in [0.4, 0.5) is 17.6 Å². The summed E-state index contributed by atoms with van der Waals surface area (Å²) in [7, 11) is 0. The number of aliphatic hydroxyl groups excluding tert-OH is 1. The molecule has 0 aromatic heterocycles. The molecule has 0 spiro atoms. The van der Waals surface area contributed by atoms with Crippen molar-refractivity contribution in [1.29, 1.82) is 5.26 Å². The van der Waals surface area contributed by atoms with Crippen LogP contribution in [-0.2, 0) is 10.9 Å². The molecule has 0 saturated carbocycles. The van der Waals surface area contributed by atoms with Crippen molar-refractivity contribution in [1.82, 2.24) is 0 Å². The van der Waals surface area contributed by atoms with Crippen LogP contribution < -0.4 is 0 Å². The number of hydrogen-bond acceptors (Lipinski definition) is 3. The Kier molecular flexibility index (Phi) is 5.27. The molecule has 0 aliphatic carbocycles. The Hall–Kier alpha value is -1.65. The Morgan fingerprint density at radius 1 is 1.37 bits per heavy atom. The number of nitriles is 1. The summed E-state index contributed by atoms with van der Waals surface area (Å²) in [4.78, 5) is 0. The summed E-state index contributed by atoms with van der Waals surface area (Å²) in [6.07, 6.45) is -6.03. The van der Waals surface area contributed by atoms with E-state index in [0.717, 1.165) is 12.1 Å². The summed E-state index contributed by atoms with van der Waals surface area (Å²) < 4.78 is 56.1. The zero-order valence-electron chi connectivity index (χ0n) is 9.75. The van der Waals surface area contributed by atoms with Gasteiger partial charge in [-0.2, -0.15) is 18.4 Å². The normalized spacial score (nSPS) is 13.1. The Bertz CT molecular complexity index is 468. The summed E-state index contributed by atoms with van der Waals surface area (Å²) in [5.41, 5.74) is -1.67. The minimum atomic E-state index is -4.77. The van der Waals surface area contributed by atoms with Gasteiger partial charge < -0.3 is 9.84 Å². The Labute approximate surface area is 107 Å². The Morgan fingerprint density at radius 3 is 2.58 bits per heavy atom. The highest BCUT2D eigenvalue weighted by Gasteiger charge is 2.36. The van der Waals surface area contributed by atoms with Gasteiger partial charge in [-0.3, -0.25) is 0 Å². The van der Waals surface area contributed by atoms with Gasteiger partial charge in [0.25, 0.3) is 0 Å². The maximum atomic E-state index is 12.9. The van der Waals surface area contributed by atoms with Gasteiger partial charge in [-0.15, -0.1) is 0 Å². The average Bonchev–Trinajstić information content (AvgIpc) is 2.34. The molecule has 0 fully saturated rings. The summed E-state index contributed by atoms with van der Waals surface area (Å²) in [5, 5.41) is 17.4. The van der Waals surface area contributed by atoms with Crippen molar-refractivity contribution in [3.05, 3.63) is 35.1 Å². The third kappa shape index (κ3) is 4.19. The minimum absolute atomic E-state index is 0.0661. The number of rotatable bonds is 5. The maximum Gasteiger partial charge on any atom is 0.416 e. The number of halogens is 4. The molecule has 1 N–H and O–H groups in total. The number of alkyl halides is 3. The molecule has 7 heteroatoms. The first-order chi connectivity index (χ1) is 8.90. The summed E-state index contributed by atoms with van der Waals surface area (Å²) in [6, 6.07) is 3.63. The zero-order chi connectivity index (χ0) is 14.5. The molecule has 0 amide bonds. The van der Waals surface area contributed by atoms with Crippen molar-refractivity contribution in [3.8, 4) is 6.07 Å². The van der Waals surface area contributed by atoms with Gasteiger partial charge >= 0.3 is 6.18 Å². The summed E-state index contributed by atoms with van der Waals surface area (Å²) in [6.45, 7) is -0.267. The van der Waals surface area contributed by atoms with Gasteiger partial charge in [0.2, 0.25) is 0 Å². The number of ether oxygens (including phenoxy) is 1. The summed E-state index contributed by atoms with van der Waals surface area (Å²) >= 11 is 0. The van der Waals surface area contributed by atoms with Crippen molar-refractivity contribution >= 4 is 0 Å². The standard InChI is InChI=1S/C12H11F4NO2/c13-8-2-3-9(10(6-8)12(14,15)16)11(7-17)19-5-1-4-18/h2-3,6,11,18H,1,4-5H2. The number of aliphatic hydroxyl groups is 1. The second-order valence-corrected chi connectivity index (χ2v) is 3.69. The Morgan fingerprint density at radius 2 is 2.05 bits per heavy atom. The van der Waals surface area contributed by atoms with Crippen LogP contribution in [0.1, 0.15) is 23.7 Å². The van der Waals surface area contributed by atoms with Crippen LogP contribution in [0.5, 0.6) is 0 Å². The fraction of sp³-hybridized carbons (Fsp3) is 0.417. The van der Waals surface area contributed by atoms with Crippen molar-refractivity contribution in [2.24, 2.45) is 0 Å². The lowest BCUT2D eigenvalue weighted by molar-refractivity contribution is -0.139. The monoisotopic (exact) mass is 277 g/mol. The zero-order valence-corrected chi connectivity index (χ0v) is 9.75. The predicted octanol–water partition coefficient (Wildman–Crippen LogP) is 2.81. The molecule has 0 radical (unpaired) electrons. The number of nitrogens with zero attached hydrogens (tertiary/aromatic N) is 1. The fourth-order valence-electron chi connectivity index (χ4n) is 1.46. The molecule has 104 valence electrons. The third-order valence-electron chi connectivity index (χ3n) is 2.31. The maximum absolute atomic E-state index is 12.9. The van der Waals surface area contributed by atoms with E-state index in [1.807, 2.05) is 0 Å². The quantitative estimate of drug-likeness (QED) is 0.665. The lowest BCUT2D eigenvalue weighted by Gasteiger charge is -2.17. The fourth-order valence-corrected chi connectivity index (χ4v) is 1.46. The van der Waals surface area contributed by atoms with Gasteiger partial charge in [0.1, 0.15) is 5.82 Å². The van der Waals surface area contributed by atoms with Crippen molar-refractivity contribution in [2.75, 3.05) is 13.2 Å². The second-order valence-electron chi connectivity index (χ2n) is 3.69. The molecule has 0 aliphatic rings. The van der Waals surface area contributed by atoms with Gasteiger partial charge in [-0.1, -0.05) is 6.07 Å². The van der Waals surface area contributed by atoms with Crippen LogP contribution in [0.15, 0.2) is 18.2 Å². The van der Waals surface area contributed by atoms with E-state index in [1.165, 1.54) is 0 Å². The lowest BCUT2D eigenvalue weighted by atomic mass is 10.0. The molecule has 0 saturated heterocycles. The molecule has 0 aliphatic heterocycles. The van der Waals surface area contributed by atoms with Crippen LogP contribution in [0, 0.1) is 17.1 Å². The number of benzene rings is 1. The highest BCUT2D eigenvalue weighted by molar-refractivity contribution is 5.34. The minimum Gasteiger partial charge on any atom is -0.396 e. The van der Waals surface area contributed by atoms with Gasteiger partial charge in [0, 0.05) is 12.2 Å². The van der Waals surface area contributed by atoms with Crippen LogP contribution in [0.3, 0.4) is 0 Å². The van der Waals surface area contributed by atoms with E-state index in [0.29, 0.717) is 6.07 Å². The molecular formula is C12H11F4NO2. The van der Waals surface area contributed by atoms with Crippen LogP contribution in [0.25, 0.3) is 0 Å². The van der Waals surface area contributed by atoms with E-state index in [9.17, 15) is 17.6 Å². The molecule has 1 atom stereocenters. The molecule has 1 rings (SSSR count). The second kappa shape index (κ2) is 6.50. The molecule has 19 heavy (non-hydrogen) atoms. The first kappa shape index (κ1) is 15.4. The van der Waals surface area contributed by atoms with Gasteiger partial charge in [-0.25, -0.2) is 4.39 Å². The van der Waals surface area contributed by atoms with E-state index in [4.69, 9.17) is 15.1 Å². The van der Waals surface area contributed by atoms with Crippen molar-refractivity contribution in [3.63, 3.8) is 0 Å². The molecule has 3 nitrogen and oxygen atoms in total. The highest BCUT2D eigenvalue weighted by Crippen LogP contribution is 2.36. The summed E-state index contributed by atoms with van der Waals surface area (Å²) in [5.74, 6) is -1.04. The topological polar surface area (TPSA) is 53.2 Å². The molecule has 0 heterocycles. The van der Waals surface area contributed by atoms with E-state index in [-0.39, 0.29) is 19.6 Å². The third-order valence-corrected chi connectivity index (χ3v) is 2.31. The highest BCUT2D eigenvalue weighted by atomic mass is 19.4. The smallest absolute Gasteiger partial charge is 0.396 e. The first-order valence-electron chi connectivity index (χ1n) is 5.39. The van der Waals surface area contributed by atoms with E-state index < -0.39 is 29.2 Å². The van der Waals surface area contributed by atoms with Crippen LogP contribution in [-0.4, -0.2) is 18.3 Å². The molecule has 1 unspecified atom stereocenters. The molecular weight excluding hydrogens is 266 g/mol. The predicted molar refractivity (Wildman–Crippen MR) is 57.4 cm³/mol. The Balaban J connectivity index is 3.07. The lowest BCUT2D eigenvalue weighted by Crippen LogP contribution is -2.14. The SMILES string of the molecule is N#CC(OCCCO)c1ccc(F)cc1C(F)(F)F.